The Morgan fingerprint density at radius 1 is 1.25 bits per heavy atom. The fourth-order valence-corrected chi connectivity index (χ4v) is 3.67. The number of aryl methyl sites for hydroxylation is 1. The van der Waals surface area contributed by atoms with Crippen LogP contribution in [0.1, 0.15) is 64.5 Å². The highest BCUT2D eigenvalue weighted by atomic mass is 16.6. The minimum Gasteiger partial charge on any atom is -0.444 e. The molecule has 0 aromatic heterocycles. The average Bonchev–Trinajstić information content (AvgIpc) is 2.65. The zero-order chi connectivity index (χ0) is 20.9. The second-order valence-corrected chi connectivity index (χ2v) is 8.97. The van der Waals surface area contributed by atoms with Crippen molar-refractivity contribution in [1.29, 1.82) is 0 Å². The van der Waals surface area contributed by atoms with Crippen LogP contribution in [-0.4, -0.2) is 54.1 Å². The Balaban J connectivity index is 1.94. The van der Waals surface area contributed by atoms with E-state index >= 15 is 0 Å². The molecule has 0 radical (unpaired) electrons. The maximum absolute atomic E-state index is 13.0. The van der Waals surface area contributed by atoms with E-state index in [0.717, 1.165) is 31.4 Å². The number of benzene rings is 1. The van der Waals surface area contributed by atoms with E-state index in [9.17, 15) is 9.59 Å². The topological polar surface area (TPSA) is 49.9 Å². The molecule has 1 aromatic rings. The lowest BCUT2D eigenvalue weighted by Crippen LogP contribution is -2.46. The summed E-state index contributed by atoms with van der Waals surface area (Å²) in [6.45, 7) is 11.8. The fraction of sp³-hybridized carbons (Fsp3) is 0.652. The number of hydrogen-bond acceptors (Lipinski definition) is 3. The summed E-state index contributed by atoms with van der Waals surface area (Å²) in [4.78, 5) is 28.8. The van der Waals surface area contributed by atoms with Crippen molar-refractivity contribution in [3.63, 3.8) is 0 Å². The minimum atomic E-state index is -0.497. The summed E-state index contributed by atoms with van der Waals surface area (Å²) < 4.78 is 5.44. The van der Waals surface area contributed by atoms with E-state index in [4.69, 9.17) is 4.74 Å². The van der Waals surface area contributed by atoms with Gasteiger partial charge in [-0.2, -0.15) is 0 Å². The molecule has 156 valence electrons. The number of hydrogen-bond donors (Lipinski definition) is 0. The molecule has 0 bridgehead atoms. The van der Waals surface area contributed by atoms with Crippen molar-refractivity contribution in [3.8, 4) is 0 Å². The van der Waals surface area contributed by atoms with Gasteiger partial charge in [-0.1, -0.05) is 31.2 Å². The van der Waals surface area contributed by atoms with Gasteiger partial charge in [-0.05, 0) is 64.0 Å². The lowest BCUT2D eigenvalue weighted by atomic mass is 9.93. The second-order valence-electron chi connectivity index (χ2n) is 8.97. The molecule has 28 heavy (non-hydrogen) atoms. The van der Waals surface area contributed by atoms with Gasteiger partial charge in [0, 0.05) is 26.7 Å². The molecule has 0 saturated carbocycles. The number of rotatable bonds is 5. The molecular weight excluding hydrogens is 352 g/mol. The van der Waals surface area contributed by atoms with Crippen LogP contribution in [-0.2, 0) is 16.0 Å². The molecule has 5 heteroatoms. The van der Waals surface area contributed by atoms with Crippen LogP contribution in [0.25, 0.3) is 0 Å². The second kappa shape index (κ2) is 9.44. The first-order valence-electron chi connectivity index (χ1n) is 10.4. The third-order valence-electron chi connectivity index (χ3n) is 5.33. The minimum absolute atomic E-state index is 0.145. The van der Waals surface area contributed by atoms with Crippen molar-refractivity contribution in [2.75, 3.05) is 26.7 Å². The predicted molar refractivity (Wildman–Crippen MR) is 112 cm³/mol. The molecule has 2 unspecified atom stereocenters. The number of carbonyl (C=O) groups excluding carboxylic acids is 2. The third kappa shape index (κ3) is 6.25. The number of piperidine rings is 1. The summed E-state index contributed by atoms with van der Waals surface area (Å²) in [7, 11) is 1.77. The van der Waals surface area contributed by atoms with Gasteiger partial charge in [0.25, 0.3) is 0 Å². The van der Waals surface area contributed by atoms with E-state index in [1.54, 1.807) is 11.9 Å². The van der Waals surface area contributed by atoms with Crippen molar-refractivity contribution in [2.45, 2.75) is 65.4 Å². The summed E-state index contributed by atoms with van der Waals surface area (Å²) in [5, 5.41) is 0. The molecule has 1 saturated heterocycles. The highest BCUT2D eigenvalue weighted by Crippen LogP contribution is 2.24. The molecule has 0 N–H and O–H groups in total. The van der Waals surface area contributed by atoms with Gasteiger partial charge in [-0.3, -0.25) is 4.79 Å². The van der Waals surface area contributed by atoms with Crippen molar-refractivity contribution in [2.24, 2.45) is 5.92 Å². The van der Waals surface area contributed by atoms with Crippen LogP contribution in [0.2, 0.25) is 0 Å². The molecule has 0 spiro atoms. The molecular formula is C23H36N2O3. The molecule has 1 fully saturated rings. The number of amides is 2. The van der Waals surface area contributed by atoms with Gasteiger partial charge in [-0.15, -0.1) is 0 Å². The average molecular weight is 389 g/mol. The van der Waals surface area contributed by atoms with E-state index in [1.165, 1.54) is 5.56 Å². The van der Waals surface area contributed by atoms with Gasteiger partial charge in [0.15, 0.2) is 0 Å². The molecule has 0 aliphatic carbocycles. The standard InChI is InChI=1S/C23H36N2O3/c1-7-18-10-12-20(13-11-18)17(2)21(26)25-14-8-9-19(16-25)15-24(6)22(27)28-23(3,4)5/h10-13,17,19H,7-9,14-16H2,1-6H3. The van der Waals surface area contributed by atoms with Crippen molar-refractivity contribution >= 4 is 12.0 Å². The Kier molecular flexibility index (Phi) is 7.50. The first-order valence-corrected chi connectivity index (χ1v) is 10.4. The molecule has 2 amide bonds. The monoisotopic (exact) mass is 388 g/mol. The van der Waals surface area contributed by atoms with E-state index in [-0.39, 0.29) is 23.8 Å². The van der Waals surface area contributed by atoms with Crippen LogP contribution in [0, 0.1) is 5.92 Å². The Bertz CT molecular complexity index is 663. The Labute approximate surface area is 170 Å². The molecule has 1 aliphatic heterocycles. The van der Waals surface area contributed by atoms with Gasteiger partial charge in [0.05, 0.1) is 5.92 Å². The van der Waals surface area contributed by atoms with Gasteiger partial charge in [-0.25, -0.2) is 4.79 Å². The fourth-order valence-electron chi connectivity index (χ4n) is 3.67. The molecule has 1 aliphatic rings. The maximum atomic E-state index is 13.0. The lowest BCUT2D eigenvalue weighted by molar-refractivity contribution is -0.134. The van der Waals surface area contributed by atoms with Crippen molar-refractivity contribution in [3.05, 3.63) is 35.4 Å². The van der Waals surface area contributed by atoms with E-state index in [0.29, 0.717) is 13.1 Å². The summed E-state index contributed by atoms with van der Waals surface area (Å²) in [5.41, 5.74) is 1.85. The maximum Gasteiger partial charge on any atom is 0.410 e. The first kappa shape index (κ1) is 22.3. The van der Waals surface area contributed by atoms with E-state index < -0.39 is 5.60 Å². The number of likely N-dealkylation sites (tertiary alicyclic amines) is 1. The van der Waals surface area contributed by atoms with Crippen LogP contribution in [0.5, 0.6) is 0 Å². The van der Waals surface area contributed by atoms with Crippen LogP contribution < -0.4 is 0 Å². The smallest absolute Gasteiger partial charge is 0.410 e. The molecule has 1 heterocycles. The van der Waals surface area contributed by atoms with Crippen LogP contribution >= 0.6 is 0 Å². The van der Waals surface area contributed by atoms with Crippen molar-refractivity contribution in [1.82, 2.24) is 9.80 Å². The number of ether oxygens (including phenoxy) is 1. The summed E-state index contributed by atoms with van der Waals surface area (Å²) >= 11 is 0. The predicted octanol–water partition coefficient (Wildman–Crippen LogP) is 4.46. The van der Waals surface area contributed by atoms with E-state index in [2.05, 4.69) is 31.2 Å². The van der Waals surface area contributed by atoms with Gasteiger partial charge in [0.2, 0.25) is 5.91 Å². The first-order chi connectivity index (χ1) is 13.1. The largest absolute Gasteiger partial charge is 0.444 e. The molecule has 2 atom stereocenters. The highest BCUT2D eigenvalue weighted by Gasteiger charge is 2.29. The Hall–Kier alpha value is -2.04. The number of carbonyl (C=O) groups is 2. The quantitative estimate of drug-likeness (QED) is 0.748. The van der Waals surface area contributed by atoms with E-state index in [1.807, 2.05) is 32.6 Å². The summed E-state index contributed by atoms with van der Waals surface area (Å²) in [6, 6.07) is 8.35. The molecule has 2 rings (SSSR count). The van der Waals surface area contributed by atoms with Crippen LogP contribution in [0.4, 0.5) is 4.79 Å². The SMILES string of the molecule is CCc1ccc(C(C)C(=O)N2CCCC(CN(C)C(=O)OC(C)(C)C)C2)cc1. The summed E-state index contributed by atoms with van der Waals surface area (Å²) in [5.74, 6) is 0.312. The lowest BCUT2D eigenvalue weighted by Gasteiger charge is -2.36. The van der Waals surface area contributed by atoms with Crippen molar-refractivity contribution < 1.29 is 14.3 Å². The van der Waals surface area contributed by atoms with Gasteiger partial charge >= 0.3 is 6.09 Å². The van der Waals surface area contributed by atoms with Crippen LogP contribution in [0.15, 0.2) is 24.3 Å². The Morgan fingerprint density at radius 2 is 1.89 bits per heavy atom. The molecule has 5 nitrogen and oxygen atoms in total. The normalized spacial score (nSPS) is 18.5. The highest BCUT2D eigenvalue weighted by molar-refractivity contribution is 5.83. The molecule has 1 aromatic carbocycles. The summed E-state index contributed by atoms with van der Waals surface area (Å²) in [6.07, 6.45) is 2.69. The van der Waals surface area contributed by atoms with Crippen LogP contribution in [0.3, 0.4) is 0 Å². The Morgan fingerprint density at radius 3 is 2.46 bits per heavy atom. The number of nitrogens with zero attached hydrogens (tertiary/aromatic N) is 2. The van der Waals surface area contributed by atoms with Gasteiger partial charge in [0.1, 0.15) is 5.60 Å². The zero-order valence-corrected chi connectivity index (χ0v) is 18.3. The third-order valence-corrected chi connectivity index (χ3v) is 5.33. The van der Waals surface area contributed by atoms with Gasteiger partial charge < -0.3 is 14.5 Å². The zero-order valence-electron chi connectivity index (χ0n) is 18.3.